The van der Waals surface area contributed by atoms with Crippen molar-refractivity contribution in [2.24, 2.45) is 0 Å². The molecule has 3 heterocycles. The molecule has 4 aromatic rings. The van der Waals surface area contributed by atoms with Crippen molar-refractivity contribution in [2.45, 2.75) is 12.5 Å². The van der Waals surface area contributed by atoms with Gasteiger partial charge in [-0.1, -0.05) is 0 Å². The standard InChI is InChI=1S/C22H19FN4O4/c1-22(10-31-11-22)27-15-8-12(20-24-6-3-7-25-20)4-5-14(15)26-21(27)13-9-16(30-2)18(28)19(29)17(13)23/h3-9,28-29H,10-11H2,1-2H3. The smallest absolute Gasteiger partial charge is 0.203 e. The van der Waals surface area contributed by atoms with E-state index >= 15 is 4.39 Å². The van der Waals surface area contributed by atoms with Gasteiger partial charge in [-0.2, -0.15) is 0 Å². The first-order valence-electron chi connectivity index (χ1n) is 9.60. The van der Waals surface area contributed by atoms with E-state index in [-0.39, 0.29) is 17.1 Å². The number of ether oxygens (including phenoxy) is 2. The van der Waals surface area contributed by atoms with Crippen molar-refractivity contribution in [1.82, 2.24) is 19.5 Å². The van der Waals surface area contributed by atoms with Gasteiger partial charge < -0.3 is 24.3 Å². The topological polar surface area (TPSA) is 103 Å². The van der Waals surface area contributed by atoms with Gasteiger partial charge in [0.15, 0.2) is 23.1 Å². The first-order valence-corrected chi connectivity index (χ1v) is 9.60. The second-order valence-corrected chi connectivity index (χ2v) is 7.67. The molecule has 31 heavy (non-hydrogen) atoms. The SMILES string of the molecule is COc1cc(-c2nc3ccc(-c4ncccn4)cc3n2C2(C)COC2)c(F)c(O)c1O. The maximum absolute atomic E-state index is 15.1. The highest BCUT2D eigenvalue weighted by molar-refractivity contribution is 5.86. The highest BCUT2D eigenvalue weighted by atomic mass is 19.1. The first kappa shape index (κ1) is 19.3. The van der Waals surface area contributed by atoms with E-state index in [1.807, 2.05) is 29.7 Å². The molecule has 5 rings (SSSR count). The highest BCUT2D eigenvalue weighted by Crippen LogP contribution is 2.45. The number of hydrogen-bond donors (Lipinski definition) is 2. The third kappa shape index (κ3) is 2.89. The number of fused-ring (bicyclic) bond motifs is 1. The number of imidazole rings is 1. The Kier molecular flexibility index (Phi) is 4.30. The predicted octanol–water partition coefficient (Wildman–Crippen LogP) is 3.46. The normalized spacial score (nSPS) is 15.1. The van der Waals surface area contributed by atoms with Gasteiger partial charge in [-0.25, -0.2) is 19.3 Å². The maximum atomic E-state index is 15.1. The molecule has 158 valence electrons. The molecule has 0 atom stereocenters. The summed E-state index contributed by atoms with van der Waals surface area (Å²) in [4.78, 5) is 13.3. The highest BCUT2D eigenvalue weighted by Gasteiger charge is 2.39. The van der Waals surface area contributed by atoms with E-state index in [0.717, 1.165) is 11.1 Å². The summed E-state index contributed by atoms with van der Waals surface area (Å²) in [5, 5.41) is 20.1. The largest absolute Gasteiger partial charge is 0.502 e. The molecule has 9 heteroatoms. The Morgan fingerprint density at radius 3 is 2.52 bits per heavy atom. The molecule has 0 aliphatic carbocycles. The van der Waals surface area contributed by atoms with Crippen molar-refractivity contribution in [1.29, 1.82) is 0 Å². The molecule has 0 unspecified atom stereocenters. The van der Waals surface area contributed by atoms with Crippen LogP contribution in [0.1, 0.15) is 6.92 Å². The Morgan fingerprint density at radius 1 is 1.13 bits per heavy atom. The van der Waals surface area contributed by atoms with Gasteiger partial charge >= 0.3 is 0 Å². The number of benzene rings is 2. The van der Waals surface area contributed by atoms with Crippen LogP contribution < -0.4 is 4.74 Å². The summed E-state index contributed by atoms with van der Waals surface area (Å²) in [7, 11) is 1.33. The second kappa shape index (κ2) is 6.92. The van der Waals surface area contributed by atoms with Gasteiger partial charge in [0, 0.05) is 18.0 Å². The summed E-state index contributed by atoms with van der Waals surface area (Å²) in [6, 6.07) is 8.64. The molecule has 1 fully saturated rings. The lowest BCUT2D eigenvalue weighted by Crippen LogP contribution is -2.49. The van der Waals surface area contributed by atoms with Gasteiger partial charge in [-0.3, -0.25) is 0 Å². The minimum Gasteiger partial charge on any atom is -0.502 e. The van der Waals surface area contributed by atoms with Crippen LogP contribution in [0.3, 0.4) is 0 Å². The minimum atomic E-state index is -0.981. The zero-order valence-electron chi connectivity index (χ0n) is 16.8. The van der Waals surface area contributed by atoms with E-state index in [1.54, 1.807) is 18.5 Å². The van der Waals surface area contributed by atoms with Crippen LogP contribution in [0, 0.1) is 5.82 Å². The molecular formula is C22H19FN4O4. The molecule has 2 aromatic carbocycles. The van der Waals surface area contributed by atoms with Crippen LogP contribution in [0.2, 0.25) is 0 Å². The molecule has 8 nitrogen and oxygen atoms in total. The summed E-state index contributed by atoms with van der Waals surface area (Å²) >= 11 is 0. The molecule has 0 spiro atoms. The molecule has 0 amide bonds. The van der Waals surface area contributed by atoms with Crippen LogP contribution in [0.15, 0.2) is 42.7 Å². The van der Waals surface area contributed by atoms with Crippen LogP contribution in [0.25, 0.3) is 33.8 Å². The van der Waals surface area contributed by atoms with Crippen molar-refractivity contribution in [3.8, 4) is 40.0 Å². The van der Waals surface area contributed by atoms with Crippen LogP contribution in [0.5, 0.6) is 17.2 Å². The van der Waals surface area contributed by atoms with Crippen molar-refractivity contribution in [3.63, 3.8) is 0 Å². The third-order valence-electron chi connectivity index (χ3n) is 5.48. The molecule has 1 aliphatic rings. The number of methoxy groups -OCH3 is 1. The van der Waals surface area contributed by atoms with E-state index in [9.17, 15) is 10.2 Å². The van der Waals surface area contributed by atoms with Crippen LogP contribution >= 0.6 is 0 Å². The number of phenols is 2. The van der Waals surface area contributed by atoms with Gasteiger partial charge in [-0.15, -0.1) is 0 Å². The van der Waals surface area contributed by atoms with Gasteiger partial charge in [-0.05, 0) is 37.3 Å². The van der Waals surface area contributed by atoms with Crippen molar-refractivity contribution in [3.05, 3.63) is 48.5 Å². The molecule has 0 bridgehead atoms. The van der Waals surface area contributed by atoms with E-state index in [4.69, 9.17) is 9.47 Å². The lowest BCUT2D eigenvalue weighted by molar-refractivity contribution is -0.0868. The lowest BCUT2D eigenvalue weighted by atomic mass is 9.98. The Balaban J connectivity index is 1.80. The number of aromatic hydroxyl groups is 2. The van der Waals surface area contributed by atoms with Crippen molar-refractivity contribution >= 4 is 11.0 Å². The van der Waals surface area contributed by atoms with Gasteiger partial charge in [0.25, 0.3) is 0 Å². The second-order valence-electron chi connectivity index (χ2n) is 7.67. The zero-order chi connectivity index (χ0) is 21.8. The summed E-state index contributed by atoms with van der Waals surface area (Å²) < 4.78 is 27.5. The summed E-state index contributed by atoms with van der Waals surface area (Å²) in [5.41, 5.74) is 1.70. The monoisotopic (exact) mass is 422 g/mol. The van der Waals surface area contributed by atoms with Gasteiger partial charge in [0.2, 0.25) is 5.75 Å². The zero-order valence-corrected chi connectivity index (χ0v) is 16.8. The molecular weight excluding hydrogens is 403 g/mol. The summed E-state index contributed by atoms with van der Waals surface area (Å²) in [6.07, 6.45) is 3.33. The van der Waals surface area contributed by atoms with E-state index in [2.05, 4.69) is 15.0 Å². The average Bonchev–Trinajstić information content (AvgIpc) is 3.15. The molecule has 1 aliphatic heterocycles. The number of hydrogen-bond acceptors (Lipinski definition) is 7. The van der Waals surface area contributed by atoms with Gasteiger partial charge in [0.1, 0.15) is 5.82 Å². The number of rotatable bonds is 4. The molecule has 2 N–H and O–H groups in total. The predicted molar refractivity (Wildman–Crippen MR) is 111 cm³/mol. The molecule has 2 aromatic heterocycles. The number of halogens is 1. The fraction of sp³-hybridized carbons (Fsp3) is 0.227. The maximum Gasteiger partial charge on any atom is 0.203 e. The number of phenolic OH excluding ortho intramolecular Hbond substituents is 2. The van der Waals surface area contributed by atoms with Crippen molar-refractivity contribution < 1.29 is 24.1 Å². The van der Waals surface area contributed by atoms with E-state index in [1.165, 1.54) is 13.2 Å². The van der Waals surface area contributed by atoms with E-state index < -0.39 is 22.9 Å². The first-order chi connectivity index (χ1) is 14.9. The minimum absolute atomic E-state index is 0.00832. The fourth-order valence-electron chi connectivity index (χ4n) is 3.85. The van der Waals surface area contributed by atoms with E-state index in [0.29, 0.717) is 24.6 Å². The Bertz CT molecular complexity index is 1300. The molecule has 0 saturated carbocycles. The summed E-state index contributed by atoms with van der Waals surface area (Å²) in [6.45, 7) is 2.82. The number of nitrogens with zero attached hydrogens (tertiary/aromatic N) is 4. The number of aromatic nitrogens is 4. The Morgan fingerprint density at radius 2 is 1.87 bits per heavy atom. The average molecular weight is 422 g/mol. The fourth-order valence-corrected chi connectivity index (χ4v) is 3.85. The van der Waals surface area contributed by atoms with Crippen LogP contribution in [-0.4, -0.2) is 50.1 Å². The lowest BCUT2D eigenvalue weighted by Gasteiger charge is -2.40. The molecule has 1 saturated heterocycles. The Labute approximate surface area is 176 Å². The quantitative estimate of drug-likeness (QED) is 0.486. The third-order valence-corrected chi connectivity index (χ3v) is 5.48. The summed E-state index contributed by atoms with van der Waals surface area (Å²) in [5.74, 6) is -1.73. The van der Waals surface area contributed by atoms with Crippen LogP contribution in [0.4, 0.5) is 4.39 Å². The van der Waals surface area contributed by atoms with Gasteiger partial charge in [0.05, 0.1) is 42.5 Å². The molecule has 0 radical (unpaired) electrons. The Hall–Kier alpha value is -3.72. The van der Waals surface area contributed by atoms with Crippen molar-refractivity contribution in [2.75, 3.05) is 20.3 Å². The van der Waals surface area contributed by atoms with Crippen LogP contribution in [-0.2, 0) is 10.3 Å².